The normalized spacial score (nSPS) is 15.5. The largest absolute Gasteiger partial charge is 0.455 e. The van der Waals surface area contributed by atoms with Crippen LogP contribution in [-0.4, -0.2) is 52.9 Å². The van der Waals surface area contributed by atoms with Crippen LogP contribution in [-0.2, 0) is 0 Å². The molecule has 4 aromatic rings. The number of thiazole rings is 1. The quantitative estimate of drug-likeness (QED) is 0.459. The summed E-state index contributed by atoms with van der Waals surface area (Å²) in [6.45, 7) is 9.71. The van der Waals surface area contributed by atoms with Crippen molar-refractivity contribution < 1.29 is 9.21 Å². The Morgan fingerprint density at radius 1 is 1.03 bits per heavy atom. The van der Waals surface area contributed by atoms with Crippen molar-refractivity contribution in [2.24, 2.45) is 0 Å². The molecule has 1 saturated heterocycles. The molecule has 1 fully saturated rings. The lowest BCUT2D eigenvalue weighted by molar-refractivity contribution is 0.0599. The maximum atomic E-state index is 13.2. The highest BCUT2D eigenvalue weighted by Gasteiger charge is 2.27. The van der Waals surface area contributed by atoms with E-state index in [0.29, 0.717) is 6.04 Å². The van der Waals surface area contributed by atoms with Crippen LogP contribution in [0, 0.1) is 6.92 Å². The van der Waals surface area contributed by atoms with Gasteiger partial charge in [-0.25, -0.2) is 4.98 Å². The van der Waals surface area contributed by atoms with Crippen LogP contribution in [0.4, 0.5) is 0 Å². The first kappa shape index (κ1) is 19.3. The van der Waals surface area contributed by atoms with Crippen molar-refractivity contribution in [1.82, 2.24) is 14.8 Å². The molecule has 5 nitrogen and oxygen atoms in total. The van der Waals surface area contributed by atoms with Gasteiger partial charge in [-0.05, 0) is 32.9 Å². The van der Waals surface area contributed by atoms with Gasteiger partial charge in [-0.2, -0.15) is 0 Å². The van der Waals surface area contributed by atoms with Crippen LogP contribution in [0.25, 0.3) is 32.5 Å². The van der Waals surface area contributed by atoms with Crippen molar-refractivity contribution in [3.05, 3.63) is 53.0 Å². The van der Waals surface area contributed by atoms with Gasteiger partial charge in [0, 0.05) is 43.0 Å². The van der Waals surface area contributed by atoms with Gasteiger partial charge >= 0.3 is 0 Å². The number of hydrogen-bond donors (Lipinski definition) is 0. The van der Waals surface area contributed by atoms with Crippen molar-refractivity contribution in [3.8, 4) is 10.6 Å². The molecule has 2 aromatic carbocycles. The summed E-state index contributed by atoms with van der Waals surface area (Å²) in [6.07, 6.45) is 0. The van der Waals surface area contributed by atoms with E-state index in [9.17, 15) is 4.79 Å². The number of furan rings is 1. The first-order valence-corrected chi connectivity index (χ1v) is 11.3. The number of piperazine rings is 1. The third-order valence-electron chi connectivity index (χ3n) is 5.96. The maximum absolute atomic E-state index is 13.2. The summed E-state index contributed by atoms with van der Waals surface area (Å²) >= 11 is 1.47. The van der Waals surface area contributed by atoms with Crippen LogP contribution in [0.15, 0.2) is 46.9 Å². The zero-order valence-corrected chi connectivity index (χ0v) is 18.3. The lowest BCUT2D eigenvalue weighted by Crippen LogP contribution is -2.50. The standard InChI is InChI=1S/C24H25N3O2S/c1-15(2)26-11-13-27(14-12-26)24(28)22-16(3)25-23(30-22)19-9-6-8-18-17-7-4-5-10-20(17)29-21(18)19/h4-10,15H,11-14H2,1-3H3. The van der Waals surface area contributed by atoms with E-state index >= 15 is 0 Å². The fraction of sp³-hybridized carbons (Fsp3) is 0.333. The average molecular weight is 420 g/mol. The lowest BCUT2D eigenvalue weighted by Gasteiger charge is -2.36. The van der Waals surface area contributed by atoms with E-state index in [4.69, 9.17) is 9.40 Å². The first-order chi connectivity index (χ1) is 14.5. The topological polar surface area (TPSA) is 49.6 Å². The van der Waals surface area contributed by atoms with Crippen molar-refractivity contribution in [1.29, 1.82) is 0 Å². The first-order valence-electron chi connectivity index (χ1n) is 10.4. The number of hydrogen-bond acceptors (Lipinski definition) is 5. The molecule has 1 amide bonds. The number of para-hydroxylation sites is 2. The predicted molar refractivity (Wildman–Crippen MR) is 122 cm³/mol. The fourth-order valence-corrected chi connectivity index (χ4v) is 5.27. The Labute approximate surface area is 179 Å². The van der Waals surface area contributed by atoms with Gasteiger partial charge in [0.1, 0.15) is 21.1 Å². The molecule has 3 heterocycles. The van der Waals surface area contributed by atoms with Crippen molar-refractivity contribution >= 4 is 39.2 Å². The van der Waals surface area contributed by atoms with Gasteiger partial charge in [-0.1, -0.05) is 30.3 Å². The second-order valence-corrected chi connectivity index (χ2v) is 9.14. The summed E-state index contributed by atoms with van der Waals surface area (Å²) < 4.78 is 6.16. The summed E-state index contributed by atoms with van der Waals surface area (Å²) in [6, 6.07) is 14.7. The van der Waals surface area contributed by atoms with Gasteiger partial charge in [0.15, 0.2) is 0 Å². The molecule has 30 heavy (non-hydrogen) atoms. The van der Waals surface area contributed by atoms with Crippen LogP contribution >= 0.6 is 11.3 Å². The predicted octanol–water partition coefficient (Wildman–Crippen LogP) is 5.18. The molecule has 0 atom stereocenters. The highest BCUT2D eigenvalue weighted by Crippen LogP contribution is 2.38. The Balaban J connectivity index is 1.48. The van der Waals surface area contributed by atoms with Gasteiger partial charge in [0.05, 0.1) is 11.3 Å². The smallest absolute Gasteiger partial charge is 0.265 e. The number of fused-ring (bicyclic) bond motifs is 3. The third kappa shape index (κ3) is 3.20. The molecule has 2 aromatic heterocycles. The van der Waals surface area contributed by atoms with Gasteiger partial charge in [-0.3, -0.25) is 9.69 Å². The molecule has 0 spiro atoms. The second kappa shape index (κ2) is 7.52. The Hall–Kier alpha value is -2.70. The van der Waals surface area contributed by atoms with E-state index in [1.54, 1.807) is 0 Å². The molecule has 1 aliphatic heterocycles. The van der Waals surface area contributed by atoms with E-state index in [-0.39, 0.29) is 5.91 Å². The zero-order chi connectivity index (χ0) is 20.8. The minimum absolute atomic E-state index is 0.0939. The molecule has 6 heteroatoms. The molecular formula is C24H25N3O2S. The van der Waals surface area contributed by atoms with Crippen molar-refractivity contribution in [2.75, 3.05) is 26.2 Å². The summed E-state index contributed by atoms with van der Waals surface area (Å²) in [5.74, 6) is 0.0939. The van der Waals surface area contributed by atoms with Gasteiger partial charge in [0.25, 0.3) is 5.91 Å². The Morgan fingerprint density at radius 2 is 1.77 bits per heavy atom. The number of amides is 1. The minimum Gasteiger partial charge on any atom is -0.455 e. The van der Waals surface area contributed by atoms with Gasteiger partial charge in [-0.15, -0.1) is 11.3 Å². The van der Waals surface area contributed by atoms with Crippen LogP contribution < -0.4 is 0 Å². The number of aryl methyl sites for hydroxylation is 1. The number of carbonyl (C=O) groups is 1. The molecular weight excluding hydrogens is 394 g/mol. The molecule has 0 bridgehead atoms. The Kier molecular flexibility index (Phi) is 4.83. The van der Waals surface area contributed by atoms with E-state index < -0.39 is 0 Å². The minimum atomic E-state index is 0.0939. The zero-order valence-electron chi connectivity index (χ0n) is 17.5. The molecule has 154 valence electrons. The number of carbonyl (C=O) groups excluding carboxylic acids is 1. The number of benzene rings is 2. The van der Waals surface area contributed by atoms with E-state index in [2.05, 4.69) is 30.9 Å². The highest BCUT2D eigenvalue weighted by molar-refractivity contribution is 7.17. The summed E-state index contributed by atoms with van der Waals surface area (Å²) in [5.41, 5.74) is 3.43. The van der Waals surface area contributed by atoms with E-state index in [1.807, 2.05) is 42.2 Å². The van der Waals surface area contributed by atoms with Crippen LogP contribution in [0.1, 0.15) is 29.2 Å². The number of rotatable bonds is 3. The number of nitrogens with zero attached hydrogens (tertiary/aromatic N) is 3. The Morgan fingerprint density at radius 3 is 2.53 bits per heavy atom. The summed E-state index contributed by atoms with van der Waals surface area (Å²) in [5, 5.41) is 3.01. The van der Waals surface area contributed by atoms with Crippen LogP contribution in [0.5, 0.6) is 0 Å². The second-order valence-electron chi connectivity index (χ2n) is 8.14. The Bertz CT molecular complexity index is 1230. The third-order valence-corrected chi connectivity index (χ3v) is 7.14. The SMILES string of the molecule is Cc1nc(-c2cccc3c2oc2ccccc23)sc1C(=O)N1CCN(C(C)C)CC1. The molecule has 0 unspecified atom stereocenters. The average Bonchev–Trinajstić information content (AvgIpc) is 3.33. The van der Waals surface area contributed by atoms with Crippen LogP contribution in [0.2, 0.25) is 0 Å². The van der Waals surface area contributed by atoms with Crippen LogP contribution in [0.3, 0.4) is 0 Å². The molecule has 1 aliphatic rings. The van der Waals surface area contributed by atoms with Crippen molar-refractivity contribution in [3.63, 3.8) is 0 Å². The monoisotopic (exact) mass is 419 g/mol. The highest BCUT2D eigenvalue weighted by atomic mass is 32.1. The molecule has 0 N–H and O–H groups in total. The van der Waals surface area contributed by atoms with E-state index in [0.717, 1.165) is 69.3 Å². The van der Waals surface area contributed by atoms with Gasteiger partial charge in [0.2, 0.25) is 0 Å². The number of aromatic nitrogens is 1. The molecule has 0 saturated carbocycles. The molecule has 0 aliphatic carbocycles. The van der Waals surface area contributed by atoms with Gasteiger partial charge < -0.3 is 9.32 Å². The summed E-state index contributed by atoms with van der Waals surface area (Å²) in [4.78, 5) is 23.1. The van der Waals surface area contributed by atoms with Crippen molar-refractivity contribution in [2.45, 2.75) is 26.8 Å². The lowest BCUT2D eigenvalue weighted by atomic mass is 10.1. The maximum Gasteiger partial charge on any atom is 0.265 e. The fourth-order valence-electron chi connectivity index (χ4n) is 4.21. The molecule has 0 radical (unpaired) electrons. The van der Waals surface area contributed by atoms with E-state index in [1.165, 1.54) is 11.3 Å². The molecule has 5 rings (SSSR count). The summed E-state index contributed by atoms with van der Waals surface area (Å²) in [7, 11) is 0.